The van der Waals surface area contributed by atoms with Gasteiger partial charge in [0.2, 0.25) is 0 Å². The molecular formula is C20H30N3O2+. The second-order valence-electron chi connectivity index (χ2n) is 6.67. The monoisotopic (exact) mass is 344 g/mol. The van der Waals surface area contributed by atoms with Gasteiger partial charge in [-0.3, -0.25) is 9.59 Å². The molecule has 0 radical (unpaired) electrons. The number of nitrogens with one attached hydrogen (secondary N) is 2. The largest absolute Gasteiger partial charge is 0.355 e. The lowest BCUT2D eigenvalue weighted by atomic mass is 10.0. The molecule has 1 aromatic rings. The van der Waals surface area contributed by atoms with Gasteiger partial charge in [0, 0.05) is 30.4 Å². The molecule has 1 aliphatic carbocycles. The van der Waals surface area contributed by atoms with E-state index in [0.717, 1.165) is 36.4 Å². The average Bonchev–Trinajstić information content (AvgIpc) is 2.63. The summed E-state index contributed by atoms with van der Waals surface area (Å²) in [5, 5.41) is 2.62. The predicted octanol–water partition coefficient (Wildman–Crippen LogP) is 1.37. The minimum Gasteiger partial charge on any atom is -0.355 e. The number of hydrogen-bond acceptors (Lipinski definition) is 2. The van der Waals surface area contributed by atoms with Crippen LogP contribution < -0.4 is 10.2 Å². The number of rotatable bonds is 7. The lowest BCUT2D eigenvalue weighted by molar-refractivity contribution is -0.885. The van der Waals surface area contributed by atoms with E-state index in [-0.39, 0.29) is 11.8 Å². The van der Waals surface area contributed by atoms with Crippen molar-refractivity contribution in [2.24, 2.45) is 0 Å². The Hall–Kier alpha value is -2.14. The molecule has 0 bridgehead atoms. The van der Waals surface area contributed by atoms with E-state index >= 15 is 0 Å². The quantitative estimate of drug-likeness (QED) is 0.785. The van der Waals surface area contributed by atoms with Gasteiger partial charge >= 0.3 is 0 Å². The molecule has 0 saturated heterocycles. The van der Waals surface area contributed by atoms with Crippen LogP contribution in [0.1, 0.15) is 48.5 Å². The van der Waals surface area contributed by atoms with E-state index in [4.69, 9.17) is 0 Å². The zero-order valence-electron chi connectivity index (χ0n) is 15.6. The SMILES string of the molecule is CCN(C(=O)C[NH+](C)Cc1ccc(C(=O)NC)cc1)C1=CCCCC1. The van der Waals surface area contributed by atoms with Gasteiger partial charge in [-0.2, -0.15) is 0 Å². The smallest absolute Gasteiger partial charge is 0.281 e. The Balaban J connectivity index is 1.92. The first kappa shape index (κ1) is 19.2. The van der Waals surface area contributed by atoms with Crippen molar-refractivity contribution in [3.63, 3.8) is 0 Å². The molecule has 5 heteroatoms. The number of hydrogen-bond donors (Lipinski definition) is 2. The maximum Gasteiger partial charge on any atom is 0.281 e. The minimum absolute atomic E-state index is 0.0817. The van der Waals surface area contributed by atoms with Crippen molar-refractivity contribution in [2.75, 3.05) is 27.2 Å². The van der Waals surface area contributed by atoms with Gasteiger partial charge in [0.25, 0.3) is 11.8 Å². The fraction of sp³-hybridized carbons (Fsp3) is 0.500. The van der Waals surface area contributed by atoms with Crippen molar-refractivity contribution in [2.45, 2.75) is 39.2 Å². The van der Waals surface area contributed by atoms with Gasteiger partial charge in [0.05, 0.1) is 7.05 Å². The van der Waals surface area contributed by atoms with Crippen LogP contribution in [0.3, 0.4) is 0 Å². The summed E-state index contributed by atoms with van der Waals surface area (Å²) in [5.41, 5.74) is 2.97. The van der Waals surface area contributed by atoms with Crippen LogP contribution in [0.2, 0.25) is 0 Å². The number of allylic oxidation sites excluding steroid dienone is 2. The molecule has 2 amide bonds. The third kappa shape index (κ3) is 5.43. The van der Waals surface area contributed by atoms with Crippen LogP contribution in [0.25, 0.3) is 0 Å². The Morgan fingerprint density at radius 2 is 1.92 bits per heavy atom. The van der Waals surface area contributed by atoms with Gasteiger partial charge in [0.1, 0.15) is 6.54 Å². The first-order chi connectivity index (χ1) is 12.0. The van der Waals surface area contributed by atoms with E-state index in [0.29, 0.717) is 12.1 Å². The molecular weight excluding hydrogens is 314 g/mol. The molecule has 0 aliphatic heterocycles. The van der Waals surface area contributed by atoms with Crippen molar-refractivity contribution in [1.82, 2.24) is 10.2 Å². The van der Waals surface area contributed by atoms with Crippen molar-refractivity contribution in [3.8, 4) is 0 Å². The first-order valence-electron chi connectivity index (χ1n) is 9.16. The van der Waals surface area contributed by atoms with Crippen LogP contribution in [0.15, 0.2) is 36.0 Å². The fourth-order valence-corrected chi connectivity index (χ4v) is 3.29. The predicted molar refractivity (Wildman–Crippen MR) is 99.2 cm³/mol. The zero-order chi connectivity index (χ0) is 18.2. The van der Waals surface area contributed by atoms with Crippen LogP contribution >= 0.6 is 0 Å². The maximum atomic E-state index is 12.7. The molecule has 2 N–H and O–H groups in total. The van der Waals surface area contributed by atoms with E-state index in [2.05, 4.69) is 11.4 Å². The zero-order valence-corrected chi connectivity index (χ0v) is 15.6. The Bertz CT molecular complexity index is 622. The standard InChI is InChI=1S/C20H29N3O2/c1-4-23(18-8-6-5-7-9-18)19(24)15-22(3)14-16-10-12-17(13-11-16)20(25)21-2/h8,10-13H,4-7,9,14-15H2,1-3H3,(H,21,25)/p+1. The normalized spacial score (nSPS) is 15.2. The highest BCUT2D eigenvalue weighted by atomic mass is 16.2. The van der Waals surface area contributed by atoms with Crippen LogP contribution in [0.5, 0.6) is 0 Å². The summed E-state index contributed by atoms with van der Waals surface area (Å²) in [5.74, 6) is 0.108. The third-order valence-electron chi connectivity index (χ3n) is 4.63. The fourth-order valence-electron chi connectivity index (χ4n) is 3.29. The number of amides is 2. The highest BCUT2D eigenvalue weighted by molar-refractivity contribution is 5.93. The molecule has 0 saturated carbocycles. The molecule has 2 rings (SSSR count). The van der Waals surface area contributed by atoms with Crippen LogP contribution in [-0.2, 0) is 11.3 Å². The van der Waals surface area contributed by atoms with Crippen LogP contribution in [0.4, 0.5) is 0 Å². The van der Waals surface area contributed by atoms with Crippen LogP contribution in [0, 0.1) is 0 Å². The number of nitrogens with zero attached hydrogens (tertiary/aromatic N) is 1. The first-order valence-corrected chi connectivity index (χ1v) is 9.16. The molecule has 1 aromatic carbocycles. The Morgan fingerprint density at radius 3 is 2.48 bits per heavy atom. The van der Waals surface area contributed by atoms with Crippen molar-refractivity contribution in [1.29, 1.82) is 0 Å². The molecule has 0 heterocycles. The highest BCUT2D eigenvalue weighted by Crippen LogP contribution is 2.20. The number of carbonyl (C=O) groups excluding carboxylic acids is 2. The van der Waals surface area contributed by atoms with Gasteiger partial charge in [-0.05, 0) is 44.7 Å². The summed E-state index contributed by atoms with van der Waals surface area (Å²) in [4.78, 5) is 27.3. The van der Waals surface area contributed by atoms with E-state index < -0.39 is 0 Å². The Labute approximate surface area is 150 Å². The highest BCUT2D eigenvalue weighted by Gasteiger charge is 2.21. The van der Waals surface area contributed by atoms with Gasteiger partial charge in [-0.15, -0.1) is 0 Å². The number of benzene rings is 1. The maximum absolute atomic E-state index is 12.7. The molecule has 1 unspecified atom stereocenters. The lowest BCUT2D eigenvalue weighted by Crippen LogP contribution is -3.08. The summed E-state index contributed by atoms with van der Waals surface area (Å²) in [6.07, 6.45) is 6.72. The summed E-state index contributed by atoms with van der Waals surface area (Å²) in [6.45, 7) is 4.01. The topological polar surface area (TPSA) is 53.9 Å². The minimum atomic E-state index is -0.0817. The summed E-state index contributed by atoms with van der Waals surface area (Å²) in [7, 11) is 3.66. The molecule has 0 fully saturated rings. The second-order valence-corrected chi connectivity index (χ2v) is 6.67. The van der Waals surface area contributed by atoms with Crippen molar-refractivity contribution < 1.29 is 14.5 Å². The molecule has 5 nitrogen and oxygen atoms in total. The lowest BCUT2D eigenvalue weighted by Gasteiger charge is -2.27. The summed E-state index contributed by atoms with van der Waals surface area (Å²) >= 11 is 0. The van der Waals surface area contributed by atoms with Gasteiger partial charge in [-0.25, -0.2) is 0 Å². The molecule has 25 heavy (non-hydrogen) atoms. The summed E-state index contributed by atoms with van der Waals surface area (Å²) < 4.78 is 0. The van der Waals surface area contributed by atoms with E-state index in [9.17, 15) is 9.59 Å². The molecule has 136 valence electrons. The average molecular weight is 344 g/mol. The van der Waals surface area contributed by atoms with Gasteiger partial charge < -0.3 is 15.1 Å². The number of quaternary nitrogens is 1. The van der Waals surface area contributed by atoms with Crippen molar-refractivity contribution in [3.05, 3.63) is 47.2 Å². The molecule has 1 atom stereocenters. The third-order valence-corrected chi connectivity index (χ3v) is 4.63. The van der Waals surface area contributed by atoms with Gasteiger partial charge in [-0.1, -0.05) is 18.2 Å². The van der Waals surface area contributed by atoms with Gasteiger partial charge in [0.15, 0.2) is 6.54 Å². The van der Waals surface area contributed by atoms with E-state index in [1.54, 1.807) is 7.05 Å². The second kappa shape index (κ2) is 9.37. The van der Waals surface area contributed by atoms with Crippen molar-refractivity contribution >= 4 is 11.8 Å². The van der Waals surface area contributed by atoms with E-state index in [1.165, 1.54) is 18.5 Å². The van der Waals surface area contributed by atoms with E-state index in [1.807, 2.05) is 43.1 Å². The Morgan fingerprint density at radius 1 is 1.20 bits per heavy atom. The number of likely N-dealkylation sites (N-methyl/N-ethyl adjacent to an activating group) is 2. The molecule has 0 spiro atoms. The Kier molecular flexibility index (Phi) is 7.19. The number of carbonyl (C=O) groups is 2. The molecule has 1 aliphatic rings. The summed E-state index contributed by atoms with van der Waals surface area (Å²) in [6, 6.07) is 7.57. The van der Waals surface area contributed by atoms with Crippen LogP contribution in [-0.4, -0.2) is 43.9 Å². The molecule has 0 aromatic heterocycles.